The lowest BCUT2D eigenvalue weighted by Gasteiger charge is -2.23. The molecule has 0 spiro atoms. The third-order valence-corrected chi connectivity index (χ3v) is 5.45. The van der Waals surface area contributed by atoms with Crippen molar-refractivity contribution < 1.29 is 14.3 Å². The largest absolute Gasteiger partial charge is 0.493 e. The Morgan fingerprint density at radius 3 is 2.36 bits per heavy atom. The van der Waals surface area contributed by atoms with E-state index in [1.54, 1.807) is 47.4 Å². The van der Waals surface area contributed by atoms with Crippen molar-refractivity contribution in [2.75, 3.05) is 23.4 Å². The van der Waals surface area contributed by atoms with Crippen molar-refractivity contribution in [3.63, 3.8) is 0 Å². The first-order valence-corrected chi connectivity index (χ1v) is 11.6. The highest BCUT2D eigenvalue weighted by atomic mass is 79.9. The fourth-order valence-electron chi connectivity index (χ4n) is 3.26. The van der Waals surface area contributed by atoms with Gasteiger partial charge < -0.3 is 15.0 Å². The first-order valence-electron chi connectivity index (χ1n) is 10.4. The molecule has 0 saturated heterocycles. The molecule has 8 heteroatoms. The number of amides is 2. The lowest BCUT2D eigenvalue weighted by Crippen LogP contribution is -2.36. The lowest BCUT2D eigenvalue weighted by atomic mass is 10.1. The van der Waals surface area contributed by atoms with Crippen LogP contribution in [0.3, 0.4) is 0 Å². The number of rotatable bonds is 7. The van der Waals surface area contributed by atoms with Crippen LogP contribution in [-0.2, 0) is 0 Å². The molecule has 0 saturated carbocycles. The molecular formula is C25H24BrN3O3S. The molecular weight excluding hydrogens is 502 g/mol. The van der Waals surface area contributed by atoms with Gasteiger partial charge in [0.1, 0.15) is 5.75 Å². The van der Waals surface area contributed by atoms with Gasteiger partial charge in [-0.3, -0.25) is 14.9 Å². The van der Waals surface area contributed by atoms with E-state index in [4.69, 9.17) is 17.0 Å². The standard InChI is InChI=1S/C25H24BrN3O3S/c1-3-29(18-10-6-5-7-11-18)24(31)19-12-8-9-13-21(19)27-25(33)28-23(30)20-16-17(26)14-15-22(20)32-4-2/h5-16H,3-4H2,1-2H3,(H2,27,28,30,33). The Morgan fingerprint density at radius 1 is 0.970 bits per heavy atom. The topological polar surface area (TPSA) is 70.7 Å². The fourth-order valence-corrected chi connectivity index (χ4v) is 3.82. The molecule has 33 heavy (non-hydrogen) atoms. The molecule has 0 bridgehead atoms. The molecule has 170 valence electrons. The smallest absolute Gasteiger partial charge is 0.261 e. The van der Waals surface area contributed by atoms with Crippen LogP contribution in [0.5, 0.6) is 5.75 Å². The third-order valence-electron chi connectivity index (χ3n) is 4.75. The van der Waals surface area contributed by atoms with E-state index in [1.165, 1.54) is 0 Å². The van der Waals surface area contributed by atoms with Crippen molar-refractivity contribution in [2.45, 2.75) is 13.8 Å². The highest BCUT2D eigenvalue weighted by Gasteiger charge is 2.20. The van der Waals surface area contributed by atoms with E-state index < -0.39 is 5.91 Å². The first-order chi connectivity index (χ1) is 15.9. The Balaban J connectivity index is 1.78. The van der Waals surface area contributed by atoms with E-state index in [2.05, 4.69) is 26.6 Å². The number of nitrogens with one attached hydrogen (secondary N) is 2. The number of thiocarbonyl (C=S) groups is 1. The predicted molar refractivity (Wildman–Crippen MR) is 139 cm³/mol. The molecule has 0 heterocycles. The predicted octanol–water partition coefficient (Wildman–Crippen LogP) is 5.64. The Morgan fingerprint density at radius 2 is 1.67 bits per heavy atom. The van der Waals surface area contributed by atoms with Crippen molar-refractivity contribution in [3.05, 3.63) is 88.4 Å². The van der Waals surface area contributed by atoms with Crippen LogP contribution in [0, 0.1) is 0 Å². The zero-order chi connectivity index (χ0) is 23.8. The zero-order valence-corrected chi connectivity index (χ0v) is 20.7. The summed E-state index contributed by atoms with van der Waals surface area (Å²) in [6.45, 7) is 4.69. The van der Waals surface area contributed by atoms with Crippen LogP contribution < -0.4 is 20.3 Å². The van der Waals surface area contributed by atoms with Crippen molar-refractivity contribution in [1.29, 1.82) is 0 Å². The van der Waals surface area contributed by atoms with Gasteiger partial charge in [-0.2, -0.15) is 0 Å². The van der Waals surface area contributed by atoms with Crippen LogP contribution >= 0.6 is 28.1 Å². The molecule has 0 unspecified atom stereocenters. The molecule has 3 aromatic carbocycles. The van der Waals surface area contributed by atoms with Crippen LogP contribution in [-0.4, -0.2) is 30.1 Å². The summed E-state index contributed by atoms with van der Waals surface area (Å²) in [5.41, 5.74) is 2.09. The second-order valence-corrected chi connectivity index (χ2v) is 8.24. The Kier molecular flexibility index (Phi) is 8.57. The molecule has 0 aromatic heterocycles. The number of carbonyl (C=O) groups is 2. The number of anilines is 2. The van der Waals surface area contributed by atoms with E-state index in [0.29, 0.717) is 35.7 Å². The van der Waals surface area contributed by atoms with Crippen LogP contribution in [0.25, 0.3) is 0 Å². The number of nitrogens with zero attached hydrogens (tertiary/aromatic N) is 1. The minimum absolute atomic E-state index is 0.0745. The van der Waals surface area contributed by atoms with Gasteiger partial charge in [0.05, 0.1) is 23.4 Å². The summed E-state index contributed by atoms with van der Waals surface area (Å²) in [5, 5.41) is 5.73. The SMILES string of the molecule is CCOc1ccc(Br)cc1C(=O)NC(=S)Nc1ccccc1C(=O)N(CC)c1ccccc1. The molecule has 0 aliphatic rings. The monoisotopic (exact) mass is 525 g/mol. The Bertz CT molecular complexity index is 1150. The van der Waals surface area contributed by atoms with Crippen LogP contribution in [0.4, 0.5) is 11.4 Å². The number of benzene rings is 3. The first kappa shape index (κ1) is 24.4. The van der Waals surface area contributed by atoms with Gasteiger partial charge in [-0.1, -0.05) is 46.3 Å². The van der Waals surface area contributed by atoms with Gasteiger partial charge in [0.15, 0.2) is 5.11 Å². The summed E-state index contributed by atoms with van der Waals surface area (Å²) in [4.78, 5) is 27.8. The van der Waals surface area contributed by atoms with Gasteiger partial charge in [0, 0.05) is 16.7 Å². The minimum Gasteiger partial charge on any atom is -0.493 e. The van der Waals surface area contributed by atoms with Crippen LogP contribution in [0.2, 0.25) is 0 Å². The molecule has 0 aliphatic carbocycles. The van der Waals surface area contributed by atoms with Crippen LogP contribution in [0.1, 0.15) is 34.6 Å². The Hall–Kier alpha value is -3.23. The summed E-state index contributed by atoms with van der Waals surface area (Å²) in [5.74, 6) is -0.134. The van der Waals surface area contributed by atoms with Crippen molar-refractivity contribution in [2.24, 2.45) is 0 Å². The van der Waals surface area contributed by atoms with Crippen LogP contribution in [0.15, 0.2) is 77.3 Å². The van der Waals surface area contributed by atoms with Crippen molar-refractivity contribution in [1.82, 2.24) is 5.32 Å². The average Bonchev–Trinajstić information content (AvgIpc) is 2.81. The fraction of sp³-hybridized carbons (Fsp3) is 0.160. The zero-order valence-electron chi connectivity index (χ0n) is 18.3. The van der Waals surface area contributed by atoms with Gasteiger partial charge in [-0.15, -0.1) is 0 Å². The number of halogens is 1. The van der Waals surface area contributed by atoms with Gasteiger partial charge in [-0.25, -0.2) is 0 Å². The van der Waals surface area contributed by atoms with Gasteiger partial charge >= 0.3 is 0 Å². The second-order valence-electron chi connectivity index (χ2n) is 6.91. The third kappa shape index (κ3) is 6.18. The van der Waals surface area contributed by atoms with Gasteiger partial charge in [0.25, 0.3) is 11.8 Å². The van der Waals surface area contributed by atoms with E-state index in [0.717, 1.165) is 10.2 Å². The van der Waals surface area contributed by atoms with Gasteiger partial charge in [0.2, 0.25) is 0 Å². The molecule has 3 aromatic rings. The molecule has 2 amide bonds. The highest BCUT2D eigenvalue weighted by molar-refractivity contribution is 9.10. The maximum Gasteiger partial charge on any atom is 0.261 e. The number of hydrogen-bond acceptors (Lipinski definition) is 4. The normalized spacial score (nSPS) is 10.3. The summed E-state index contributed by atoms with van der Waals surface area (Å²) in [6, 6.07) is 21.7. The average molecular weight is 526 g/mol. The number of hydrogen-bond donors (Lipinski definition) is 2. The van der Waals surface area contributed by atoms with Crippen molar-refractivity contribution >= 4 is 56.4 Å². The molecule has 0 fully saturated rings. The summed E-state index contributed by atoms with van der Waals surface area (Å²) < 4.78 is 6.29. The second kappa shape index (κ2) is 11.6. The number of para-hydroxylation sites is 2. The highest BCUT2D eigenvalue weighted by Crippen LogP contribution is 2.24. The molecule has 0 aliphatic heterocycles. The molecule has 0 radical (unpaired) electrons. The maximum absolute atomic E-state index is 13.3. The maximum atomic E-state index is 13.3. The van der Waals surface area contributed by atoms with E-state index >= 15 is 0 Å². The molecule has 3 rings (SSSR count). The number of ether oxygens (including phenoxy) is 1. The molecule has 6 nitrogen and oxygen atoms in total. The summed E-state index contributed by atoms with van der Waals surface area (Å²) in [6.07, 6.45) is 0. The van der Waals surface area contributed by atoms with Gasteiger partial charge in [-0.05, 0) is 68.5 Å². The summed E-state index contributed by atoms with van der Waals surface area (Å²) >= 11 is 8.74. The molecule has 2 N–H and O–H groups in total. The number of carbonyl (C=O) groups excluding carboxylic acids is 2. The van der Waals surface area contributed by atoms with E-state index in [-0.39, 0.29) is 11.0 Å². The van der Waals surface area contributed by atoms with Crippen molar-refractivity contribution in [3.8, 4) is 5.75 Å². The van der Waals surface area contributed by atoms with E-state index in [9.17, 15) is 9.59 Å². The minimum atomic E-state index is -0.416. The Labute approximate surface area is 207 Å². The quantitative estimate of drug-likeness (QED) is 0.390. The molecule has 0 atom stereocenters. The lowest BCUT2D eigenvalue weighted by molar-refractivity contribution is 0.0971. The van der Waals surface area contributed by atoms with E-state index in [1.807, 2.05) is 44.2 Å². The summed E-state index contributed by atoms with van der Waals surface area (Å²) in [7, 11) is 0.